The second-order valence-electron chi connectivity index (χ2n) is 3.66. The van der Waals surface area contributed by atoms with Crippen molar-refractivity contribution in [1.29, 1.82) is 0 Å². The van der Waals surface area contributed by atoms with Gasteiger partial charge >= 0.3 is 0 Å². The topological polar surface area (TPSA) is 35.5 Å². The molecule has 0 bridgehead atoms. The van der Waals surface area contributed by atoms with E-state index in [4.69, 9.17) is 21.1 Å². The van der Waals surface area contributed by atoms with E-state index in [0.29, 0.717) is 22.9 Å². The third kappa shape index (κ3) is 3.22. The van der Waals surface area contributed by atoms with Gasteiger partial charge in [0.05, 0.1) is 25.4 Å². The molecule has 0 fully saturated rings. The number of aldehydes is 1. The summed E-state index contributed by atoms with van der Waals surface area (Å²) in [4.78, 5) is 10.7. The lowest BCUT2D eigenvalue weighted by Crippen LogP contribution is -2.03. The Hall–Kier alpha value is -1.06. The van der Waals surface area contributed by atoms with Crippen LogP contribution >= 0.6 is 11.6 Å². The van der Waals surface area contributed by atoms with Crippen LogP contribution in [0.4, 0.5) is 0 Å². The predicted octanol–water partition coefficient (Wildman–Crippen LogP) is 3.09. The molecule has 4 heteroatoms. The first-order chi connectivity index (χ1) is 7.58. The van der Waals surface area contributed by atoms with Gasteiger partial charge in [0.1, 0.15) is 5.75 Å². The van der Waals surface area contributed by atoms with Gasteiger partial charge in [-0.05, 0) is 26.0 Å². The van der Waals surface area contributed by atoms with E-state index in [1.54, 1.807) is 12.1 Å². The Morgan fingerprint density at radius 1 is 1.44 bits per heavy atom. The predicted molar refractivity (Wildman–Crippen MR) is 63.3 cm³/mol. The van der Waals surface area contributed by atoms with E-state index in [1.807, 2.05) is 13.8 Å². The zero-order valence-electron chi connectivity index (χ0n) is 9.62. The van der Waals surface area contributed by atoms with Crippen molar-refractivity contribution in [2.75, 3.05) is 7.11 Å². The molecule has 0 unspecified atom stereocenters. The average molecular weight is 243 g/mol. The Morgan fingerprint density at radius 2 is 2.12 bits per heavy atom. The zero-order valence-corrected chi connectivity index (χ0v) is 10.4. The Labute approximate surface area is 100 Å². The van der Waals surface area contributed by atoms with E-state index in [1.165, 1.54) is 7.11 Å². The number of carbonyl (C=O) groups is 1. The Balaban J connectivity index is 2.97. The van der Waals surface area contributed by atoms with Gasteiger partial charge in [0, 0.05) is 10.6 Å². The van der Waals surface area contributed by atoms with Gasteiger partial charge in [0.2, 0.25) is 0 Å². The van der Waals surface area contributed by atoms with Crippen LogP contribution in [0.2, 0.25) is 5.02 Å². The number of rotatable bonds is 5. The number of methoxy groups -OCH3 is 1. The molecule has 0 saturated carbocycles. The lowest BCUT2D eigenvalue weighted by atomic mass is 10.1. The molecule has 0 saturated heterocycles. The summed E-state index contributed by atoms with van der Waals surface area (Å²) in [5.41, 5.74) is 1.26. The molecular formula is C12H15ClO3. The van der Waals surface area contributed by atoms with Crippen molar-refractivity contribution in [1.82, 2.24) is 0 Å². The first kappa shape index (κ1) is 13.0. The summed E-state index contributed by atoms with van der Waals surface area (Å²) < 4.78 is 10.5. The number of carbonyl (C=O) groups excluding carboxylic acids is 1. The maximum atomic E-state index is 10.7. The second kappa shape index (κ2) is 5.87. The number of ether oxygens (including phenoxy) is 2. The molecule has 16 heavy (non-hydrogen) atoms. The van der Waals surface area contributed by atoms with Gasteiger partial charge in [-0.1, -0.05) is 11.6 Å². The zero-order chi connectivity index (χ0) is 12.1. The van der Waals surface area contributed by atoms with Gasteiger partial charge in [-0.2, -0.15) is 0 Å². The first-order valence-corrected chi connectivity index (χ1v) is 5.39. The van der Waals surface area contributed by atoms with E-state index in [0.717, 1.165) is 11.8 Å². The third-order valence-electron chi connectivity index (χ3n) is 2.10. The molecule has 0 spiro atoms. The quantitative estimate of drug-likeness (QED) is 0.745. The standard InChI is InChI=1S/C12H15ClO3/c1-8(2)16-7-10-5-12(15-3)9(6-14)4-11(10)13/h4-6,8H,7H2,1-3H3. The van der Waals surface area contributed by atoms with Crippen molar-refractivity contribution in [3.05, 3.63) is 28.3 Å². The fourth-order valence-electron chi connectivity index (χ4n) is 1.25. The highest BCUT2D eigenvalue weighted by molar-refractivity contribution is 6.31. The van der Waals surface area contributed by atoms with Crippen LogP contribution in [0.1, 0.15) is 29.8 Å². The maximum absolute atomic E-state index is 10.7. The minimum Gasteiger partial charge on any atom is -0.496 e. The van der Waals surface area contributed by atoms with Gasteiger partial charge in [-0.3, -0.25) is 4.79 Å². The minimum atomic E-state index is 0.132. The van der Waals surface area contributed by atoms with Crippen molar-refractivity contribution in [2.24, 2.45) is 0 Å². The summed E-state index contributed by atoms with van der Waals surface area (Å²) in [6, 6.07) is 3.32. The van der Waals surface area contributed by atoms with E-state index in [-0.39, 0.29) is 6.10 Å². The molecule has 0 aliphatic carbocycles. The fourth-order valence-corrected chi connectivity index (χ4v) is 1.47. The van der Waals surface area contributed by atoms with Crippen LogP contribution in [0.25, 0.3) is 0 Å². The lowest BCUT2D eigenvalue weighted by molar-refractivity contribution is 0.0656. The van der Waals surface area contributed by atoms with Crippen LogP contribution in [0, 0.1) is 0 Å². The van der Waals surface area contributed by atoms with Gasteiger partial charge < -0.3 is 9.47 Å². The lowest BCUT2D eigenvalue weighted by Gasteiger charge is -2.11. The van der Waals surface area contributed by atoms with Crippen LogP contribution in [-0.2, 0) is 11.3 Å². The number of hydrogen-bond donors (Lipinski definition) is 0. The molecule has 1 rings (SSSR count). The molecule has 0 aromatic heterocycles. The maximum Gasteiger partial charge on any atom is 0.153 e. The molecule has 0 aliphatic rings. The monoisotopic (exact) mass is 242 g/mol. The second-order valence-corrected chi connectivity index (χ2v) is 4.07. The highest BCUT2D eigenvalue weighted by Gasteiger charge is 2.09. The summed E-state index contributed by atoms with van der Waals surface area (Å²) in [5.74, 6) is 0.516. The van der Waals surface area contributed by atoms with Gasteiger partial charge in [0.15, 0.2) is 6.29 Å². The molecule has 0 aliphatic heterocycles. The van der Waals surface area contributed by atoms with Crippen molar-refractivity contribution in [3.63, 3.8) is 0 Å². The van der Waals surface area contributed by atoms with Crippen LogP contribution in [-0.4, -0.2) is 19.5 Å². The van der Waals surface area contributed by atoms with Gasteiger partial charge in [-0.25, -0.2) is 0 Å². The summed E-state index contributed by atoms with van der Waals surface area (Å²) in [6.45, 7) is 4.31. The SMILES string of the molecule is COc1cc(COC(C)C)c(Cl)cc1C=O. The van der Waals surface area contributed by atoms with Crippen LogP contribution < -0.4 is 4.74 Å². The third-order valence-corrected chi connectivity index (χ3v) is 2.45. The number of halogens is 1. The van der Waals surface area contributed by atoms with Gasteiger partial charge in [0.25, 0.3) is 0 Å². The fraction of sp³-hybridized carbons (Fsp3) is 0.417. The van der Waals surface area contributed by atoms with E-state index in [9.17, 15) is 4.79 Å². The van der Waals surface area contributed by atoms with Crippen LogP contribution in [0.15, 0.2) is 12.1 Å². The Bertz CT molecular complexity index is 375. The normalized spacial score (nSPS) is 10.6. The average Bonchev–Trinajstić information content (AvgIpc) is 2.26. The first-order valence-electron chi connectivity index (χ1n) is 5.01. The van der Waals surface area contributed by atoms with E-state index in [2.05, 4.69) is 0 Å². The highest BCUT2D eigenvalue weighted by Crippen LogP contribution is 2.26. The number of hydrogen-bond acceptors (Lipinski definition) is 3. The molecule has 0 atom stereocenters. The summed E-state index contributed by atoms with van der Waals surface area (Å²) in [7, 11) is 1.52. The summed E-state index contributed by atoms with van der Waals surface area (Å²) in [5, 5.41) is 0.517. The summed E-state index contributed by atoms with van der Waals surface area (Å²) >= 11 is 6.03. The largest absolute Gasteiger partial charge is 0.496 e. The molecule has 0 radical (unpaired) electrons. The molecular weight excluding hydrogens is 228 g/mol. The minimum absolute atomic E-state index is 0.132. The Morgan fingerprint density at radius 3 is 2.62 bits per heavy atom. The van der Waals surface area contributed by atoms with E-state index < -0.39 is 0 Å². The van der Waals surface area contributed by atoms with Gasteiger partial charge in [-0.15, -0.1) is 0 Å². The van der Waals surface area contributed by atoms with E-state index >= 15 is 0 Å². The van der Waals surface area contributed by atoms with Crippen molar-refractivity contribution < 1.29 is 14.3 Å². The van der Waals surface area contributed by atoms with Crippen molar-refractivity contribution >= 4 is 17.9 Å². The molecule has 88 valence electrons. The molecule has 1 aromatic rings. The molecule has 0 N–H and O–H groups in total. The van der Waals surface area contributed by atoms with Crippen molar-refractivity contribution in [3.8, 4) is 5.75 Å². The molecule has 1 aromatic carbocycles. The number of benzene rings is 1. The smallest absolute Gasteiger partial charge is 0.153 e. The Kier molecular flexibility index (Phi) is 4.77. The molecule has 0 amide bonds. The van der Waals surface area contributed by atoms with Crippen LogP contribution in [0.5, 0.6) is 5.75 Å². The summed E-state index contributed by atoms with van der Waals surface area (Å²) in [6.07, 6.45) is 0.852. The van der Waals surface area contributed by atoms with Crippen molar-refractivity contribution in [2.45, 2.75) is 26.6 Å². The molecule has 0 heterocycles. The highest BCUT2D eigenvalue weighted by atomic mass is 35.5. The van der Waals surface area contributed by atoms with Crippen LogP contribution in [0.3, 0.4) is 0 Å². The molecule has 3 nitrogen and oxygen atoms in total.